The molecule has 0 aromatic heterocycles. The van der Waals surface area contributed by atoms with Crippen LogP contribution in [-0.4, -0.2) is 28.8 Å². The molecular weight excluding hydrogens is 344 g/mol. The number of benzene rings is 2. The maximum atomic E-state index is 12.3. The third-order valence-electron chi connectivity index (χ3n) is 4.82. The Balaban J connectivity index is 1.55. The lowest BCUT2D eigenvalue weighted by molar-refractivity contribution is -0.383. The van der Waals surface area contributed by atoms with E-state index >= 15 is 0 Å². The lowest BCUT2D eigenvalue weighted by Crippen LogP contribution is -2.29. The fourth-order valence-electron chi connectivity index (χ4n) is 3.27. The maximum absolute atomic E-state index is 12.3. The number of nitrogen functional groups attached to an aromatic ring is 1. The molecule has 2 aromatic carbocycles. The minimum Gasteiger partial charge on any atom is -0.393 e. The van der Waals surface area contributed by atoms with Gasteiger partial charge in [-0.3, -0.25) is 19.8 Å². The van der Waals surface area contributed by atoms with Gasteiger partial charge in [0.25, 0.3) is 11.6 Å². The number of anilines is 1. The van der Waals surface area contributed by atoms with Crippen LogP contribution in [0.3, 0.4) is 0 Å². The summed E-state index contributed by atoms with van der Waals surface area (Å²) < 4.78 is 0. The molecule has 7 nitrogen and oxygen atoms in total. The quantitative estimate of drug-likeness (QED) is 0.463. The van der Waals surface area contributed by atoms with E-state index in [1.807, 2.05) is 12.1 Å². The normalized spacial score (nSPS) is 14.7. The summed E-state index contributed by atoms with van der Waals surface area (Å²) in [5, 5.41) is 13.7. The van der Waals surface area contributed by atoms with E-state index in [1.54, 1.807) is 0 Å². The first-order valence-electron chi connectivity index (χ1n) is 9.15. The van der Waals surface area contributed by atoms with Gasteiger partial charge >= 0.3 is 0 Å². The van der Waals surface area contributed by atoms with Gasteiger partial charge in [0.1, 0.15) is 5.69 Å². The van der Waals surface area contributed by atoms with Gasteiger partial charge in [-0.15, -0.1) is 0 Å². The standard InChI is InChI=1S/C20H24N4O3/c21-18-9-8-17(12-19(18)24(26)27)20(25)22-13-15-4-6-16(7-5-15)14-23-10-2-1-3-11-23/h4-9,12H,1-3,10-11,13-14,21H2,(H,22,25). The van der Waals surface area contributed by atoms with Crippen LogP contribution in [0.15, 0.2) is 42.5 Å². The van der Waals surface area contributed by atoms with Gasteiger partial charge in [-0.1, -0.05) is 30.7 Å². The maximum Gasteiger partial charge on any atom is 0.292 e. The van der Waals surface area contributed by atoms with Crippen LogP contribution in [0.25, 0.3) is 0 Å². The number of nitrogens with zero attached hydrogens (tertiary/aromatic N) is 2. The Labute approximate surface area is 158 Å². The zero-order valence-electron chi connectivity index (χ0n) is 15.2. The van der Waals surface area contributed by atoms with Crippen LogP contribution in [0, 0.1) is 10.1 Å². The van der Waals surface area contributed by atoms with E-state index in [0.717, 1.165) is 25.2 Å². The Bertz CT molecular complexity index is 814. The summed E-state index contributed by atoms with van der Waals surface area (Å²) in [6, 6.07) is 12.2. The molecular formula is C20H24N4O3. The van der Waals surface area contributed by atoms with Gasteiger partial charge in [-0.25, -0.2) is 0 Å². The monoisotopic (exact) mass is 368 g/mol. The number of nitrogens with one attached hydrogen (secondary N) is 1. The van der Waals surface area contributed by atoms with Gasteiger partial charge in [0.15, 0.2) is 0 Å². The van der Waals surface area contributed by atoms with Gasteiger partial charge in [-0.05, 0) is 49.2 Å². The highest BCUT2D eigenvalue weighted by Crippen LogP contribution is 2.22. The number of likely N-dealkylation sites (tertiary alicyclic amines) is 1. The zero-order valence-corrected chi connectivity index (χ0v) is 15.2. The number of amides is 1. The van der Waals surface area contributed by atoms with Crippen LogP contribution in [0.4, 0.5) is 11.4 Å². The molecule has 0 aliphatic carbocycles. The van der Waals surface area contributed by atoms with Crippen LogP contribution >= 0.6 is 0 Å². The third-order valence-corrected chi connectivity index (χ3v) is 4.82. The van der Waals surface area contributed by atoms with Crippen molar-refractivity contribution in [3.05, 3.63) is 69.3 Å². The summed E-state index contributed by atoms with van der Waals surface area (Å²) in [5.41, 5.74) is 7.81. The largest absolute Gasteiger partial charge is 0.393 e. The van der Waals surface area contributed by atoms with Gasteiger partial charge < -0.3 is 11.1 Å². The minimum atomic E-state index is -0.590. The Kier molecular flexibility index (Phi) is 6.03. The highest BCUT2D eigenvalue weighted by molar-refractivity contribution is 5.95. The average molecular weight is 368 g/mol. The first-order chi connectivity index (χ1) is 13.0. The predicted molar refractivity (Wildman–Crippen MR) is 104 cm³/mol. The number of carbonyl (C=O) groups is 1. The number of hydrogen-bond acceptors (Lipinski definition) is 5. The lowest BCUT2D eigenvalue weighted by atomic mass is 10.1. The van der Waals surface area contributed by atoms with Crippen molar-refractivity contribution in [1.29, 1.82) is 0 Å². The number of nitro benzene ring substituents is 1. The molecule has 27 heavy (non-hydrogen) atoms. The first kappa shape index (κ1) is 18.8. The van der Waals surface area contributed by atoms with Crippen molar-refractivity contribution < 1.29 is 9.72 Å². The lowest BCUT2D eigenvalue weighted by Gasteiger charge is -2.26. The van der Waals surface area contributed by atoms with Crippen LogP contribution in [0.1, 0.15) is 40.7 Å². The molecule has 1 amide bonds. The van der Waals surface area contributed by atoms with Crippen molar-refractivity contribution in [1.82, 2.24) is 10.2 Å². The molecule has 0 saturated carbocycles. The van der Waals surface area contributed by atoms with E-state index in [-0.39, 0.29) is 22.8 Å². The van der Waals surface area contributed by atoms with Gasteiger partial charge in [0, 0.05) is 24.7 Å². The number of rotatable bonds is 6. The Morgan fingerprint density at radius 3 is 2.41 bits per heavy atom. The van der Waals surface area contributed by atoms with E-state index in [2.05, 4.69) is 22.3 Å². The molecule has 1 aliphatic rings. The highest BCUT2D eigenvalue weighted by Gasteiger charge is 2.15. The molecule has 0 atom stereocenters. The number of piperidine rings is 1. The molecule has 1 saturated heterocycles. The van der Waals surface area contributed by atoms with Crippen LogP contribution in [0.2, 0.25) is 0 Å². The number of hydrogen-bond donors (Lipinski definition) is 2. The Hall–Kier alpha value is -2.93. The number of nitro groups is 1. The van der Waals surface area contributed by atoms with Crippen molar-refractivity contribution in [2.75, 3.05) is 18.8 Å². The summed E-state index contributed by atoms with van der Waals surface area (Å²) >= 11 is 0. The topological polar surface area (TPSA) is 102 Å². The molecule has 3 rings (SSSR count). The molecule has 0 unspecified atom stereocenters. The molecule has 0 spiro atoms. The van der Waals surface area contributed by atoms with Gasteiger partial charge in [0.2, 0.25) is 0 Å². The molecule has 0 bridgehead atoms. The second kappa shape index (κ2) is 8.64. The summed E-state index contributed by atoms with van der Waals surface area (Å²) in [7, 11) is 0. The molecule has 3 N–H and O–H groups in total. The molecule has 1 fully saturated rings. The van der Waals surface area contributed by atoms with E-state index in [0.29, 0.717) is 6.54 Å². The second-order valence-corrected chi connectivity index (χ2v) is 6.87. The van der Waals surface area contributed by atoms with Crippen LogP contribution in [-0.2, 0) is 13.1 Å². The zero-order chi connectivity index (χ0) is 19.2. The van der Waals surface area contributed by atoms with E-state index < -0.39 is 4.92 Å². The molecule has 0 radical (unpaired) electrons. The first-order valence-corrected chi connectivity index (χ1v) is 9.15. The number of nitrogens with two attached hydrogens (primary N) is 1. The molecule has 7 heteroatoms. The third kappa shape index (κ3) is 5.04. The van der Waals surface area contributed by atoms with Crippen molar-refractivity contribution in [2.24, 2.45) is 0 Å². The Morgan fingerprint density at radius 1 is 1.07 bits per heavy atom. The summed E-state index contributed by atoms with van der Waals surface area (Å²) in [4.78, 5) is 25.1. The molecule has 2 aromatic rings. The fourth-order valence-corrected chi connectivity index (χ4v) is 3.27. The Morgan fingerprint density at radius 2 is 1.74 bits per heavy atom. The van der Waals surface area contributed by atoms with E-state index in [9.17, 15) is 14.9 Å². The van der Waals surface area contributed by atoms with E-state index in [4.69, 9.17) is 5.73 Å². The van der Waals surface area contributed by atoms with Crippen LogP contribution in [0.5, 0.6) is 0 Å². The number of carbonyl (C=O) groups excluding carboxylic acids is 1. The SMILES string of the molecule is Nc1ccc(C(=O)NCc2ccc(CN3CCCCC3)cc2)cc1[N+](=O)[O-]. The van der Waals surface area contributed by atoms with Crippen LogP contribution < -0.4 is 11.1 Å². The summed E-state index contributed by atoms with van der Waals surface area (Å²) in [6.45, 7) is 3.64. The predicted octanol–water partition coefficient (Wildman–Crippen LogP) is 3.09. The van der Waals surface area contributed by atoms with Crippen molar-refractivity contribution >= 4 is 17.3 Å². The fraction of sp³-hybridized carbons (Fsp3) is 0.350. The molecule has 142 valence electrons. The van der Waals surface area contributed by atoms with Crippen molar-refractivity contribution in [3.8, 4) is 0 Å². The summed E-state index contributed by atoms with van der Waals surface area (Å²) in [5.74, 6) is -0.365. The molecule has 1 heterocycles. The van der Waals surface area contributed by atoms with Crippen molar-refractivity contribution in [3.63, 3.8) is 0 Å². The van der Waals surface area contributed by atoms with Crippen molar-refractivity contribution in [2.45, 2.75) is 32.4 Å². The van der Waals surface area contributed by atoms with Gasteiger partial charge in [-0.2, -0.15) is 0 Å². The summed E-state index contributed by atoms with van der Waals surface area (Å²) in [6.07, 6.45) is 3.87. The van der Waals surface area contributed by atoms with E-state index in [1.165, 1.54) is 43.0 Å². The minimum absolute atomic E-state index is 0.0424. The smallest absolute Gasteiger partial charge is 0.292 e. The van der Waals surface area contributed by atoms with Gasteiger partial charge in [0.05, 0.1) is 4.92 Å². The highest BCUT2D eigenvalue weighted by atomic mass is 16.6. The average Bonchev–Trinajstić information content (AvgIpc) is 2.68. The molecule has 1 aliphatic heterocycles. The second-order valence-electron chi connectivity index (χ2n) is 6.87.